The van der Waals surface area contributed by atoms with E-state index in [4.69, 9.17) is 9.47 Å². The quantitative estimate of drug-likeness (QED) is 0.620. The summed E-state index contributed by atoms with van der Waals surface area (Å²) in [6, 6.07) is 0. The third-order valence-electron chi connectivity index (χ3n) is 1.94. The lowest BCUT2D eigenvalue weighted by Gasteiger charge is -2.31. The fraction of sp³-hybridized carbons (Fsp3) is 1.00. The summed E-state index contributed by atoms with van der Waals surface area (Å²) >= 11 is 0. The van der Waals surface area contributed by atoms with Crippen LogP contribution in [0, 0.1) is 5.41 Å². The van der Waals surface area contributed by atoms with Crippen molar-refractivity contribution in [3.8, 4) is 0 Å². The van der Waals surface area contributed by atoms with Gasteiger partial charge in [0.15, 0.2) is 6.29 Å². The molecule has 72 valence electrons. The minimum Gasteiger partial charge on any atom is -0.349 e. The molecule has 5 heteroatoms. The molecule has 1 fully saturated rings. The van der Waals surface area contributed by atoms with E-state index in [1.54, 1.807) is 0 Å². The van der Waals surface area contributed by atoms with Crippen LogP contribution in [0.1, 0.15) is 13.8 Å². The van der Waals surface area contributed by atoms with Crippen LogP contribution in [0.3, 0.4) is 0 Å². The van der Waals surface area contributed by atoms with E-state index in [1.807, 2.05) is 0 Å². The summed E-state index contributed by atoms with van der Waals surface area (Å²) < 4.78 is 46.6. The van der Waals surface area contributed by atoms with Crippen molar-refractivity contribution in [1.82, 2.24) is 0 Å². The summed E-state index contributed by atoms with van der Waals surface area (Å²) in [7, 11) is 0. The Hall–Kier alpha value is -0.290. The van der Waals surface area contributed by atoms with Gasteiger partial charge in [0.25, 0.3) is 0 Å². The molecule has 1 saturated heterocycles. The smallest absolute Gasteiger partial charge is 0.349 e. The van der Waals surface area contributed by atoms with Gasteiger partial charge in [0, 0.05) is 0 Å². The van der Waals surface area contributed by atoms with Crippen LogP contribution >= 0.6 is 0 Å². The minimum absolute atomic E-state index is 0.240. The summed E-state index contributed by atoms with van der Waals surface area (Å²) in [4.78, 5) is 0. The molecular formula is C7H11F3O2. The van der Waals surface area contributed by atoms with E-state index in [1.165, 1.54) is 0 Å². The first-order valence-corrected chi connectivity index (χ1v) is 3.65. The molecule has 0 unspecified atom stereocenters. The van der Waals surface area contributed by atoms with E-state index < -0.39 is 17.9 Å². The van der Waals surface area contributed by atoms with Crippen LogP contribution in [-0.4, -0.2) is 25.7 Å². The average Bonchev–Trinajstić information content (AvgIpc) is 2.34. The predicted molar refractivity (Wildman–Crippen MR) is 35.5 cm³/mol. The Morgan fingerprint density at radius 2 is 1.50 bits per heavy atom. The fourth-order valence-corrected chi connectivity index (χ4v) is 0.909. The zero-order valence-corrected chi connectivity index (χ0v) is 6.94. The van der Waals surface area contributed by atoms with E-state index in [9.17, 15) is 13.2 Å². The van der Waals surface area contributed by atoms with Gasteiger partial charge < -0.3 is 9.47 Å². The lowest BCUT2D eigenvalue weighted by atomic mass is 9.92. The van der Waals surface area contributed by atoms with E-state index in [2.05, 4.69) is 0 Å². The zero-order valence-electron chi connectivity index (χ0n) is 6.94. The number of ether oxygens (including phenoxy) is 2. The van der Waals surface area contributed by atoms with Gasteiger partial charge in [-0.1, -0.05) is 0 Å². The van der Waals surface area contributed by atoms with Gasteiger partial charge in [0.2, 0.25) is 0 Å². The molecule has 1 rings (SSSR count). The molecule has 0 aromatic heterocycles. The number of hydrogen-bond donors (Lipinski definition) is 0. The topological polar surface area (TPSA) is 18.5 Å². The molecular weight excluding hydrogens is 173 g/mol. The van der Waals surface area contributed by atoms with E-state index in [0.29, 0.717) is 0 Å². The summed E-state index contributed by atoms with van der Waals surface area (Å²) in [6.45, 7) is 2.63. The number of halogens is 3. The van der Waals surface area contributed by atoms with Crippen LogP contribution in [0.2, 0.25) is 0 Å². The van der Waals surface area contributed by atoms with Crippen LogP contribution in [0.15, 0.2) is 0 Å². The maximum atomic E-state index is 12.3. The standard InChI is InChI=1S/C7H11F3O2/c1-6(2,7(8,9)10)5-11-3-4-12-5/h5H,3-4H2,1-2H3. The van der Waals surface area contributed by atoms with Gasteiger partial charge in [0.05, 0.1) is 13.2 Å². The van der Waals surface area contributed by atoms with Crippen LogP contribution in [0.4, 0.5) is 13.2 Å². The third-order valence-corrected chi connectivity index (χ3v) is 1.94. The SMILES string of the molecule is CC(C)(C1OCCO1)C(F)(F)F. The molecule has 0 aliphatic carbocycles. The molecule has 0 atom stereocenters. The number of hydrogen-bond acceptors (Lipinski definition) is 2. The number of rotatable bonds is 1. The second-order valence-electron chi connectivity index (χ2n) is 3.29. The highest BCUT2D eigenvalue weighted by Crippen LogP contribution is 2.42. The summed E-state index contributed by atoms with van der Waals surface area (Å²) in [5.41, 5.74) is -1.93. The lowest BCUT2D eigenvalue weighted by Crippen LogP contribution is -2.43. The van der Waals surface area contributed by atoms with Gasteiger partial charge >= 0.3 is 6.18 Å². The first-order chi connectivity index (χ1) is 5.36. The molecule has 1 aliphatic heterocycles. The molecule has 0 saturated carbocycles. The first-order valence-electron chi connectivity index (χ1n) is 3.65. The molecule has 1 heterocycles. The predicted octanol–water partition coefficient (Wildman–Crippen LogP) is 1.95. The normalized spacial score (nSPS) is 21.8. The lowest BCUT2D eigenvalue weighted by molar-refractivity contribution is -0.279. The van der Waals surface area contributed by atoms with Crippen molar-refractivity contribution >= 4 is 0 Å². The van der Waals surface area contributed by atoms with Crippen LogP contribution < -0.4 is 0 Å². The highest BCUT2D eigenvalue weighted by molar-refractivity contribution is 4.82. The average molecular weight is 184 g/mol. The Labute approximate surface area is 68.6 Å². The molecule has 0 bridgehead atoms. The first kappa shape index (κ1) is 9.80. The molecule has 12 heavy (non-hydrogen) atoms. The second-order valence-corrected chi connectivity index (χ2v) is 3.29. The van der Waals surface area contributed by atoms with E-state index in [0.717, 1.165) is 13.8 Å². The van der Waals surface area contributed by atoms with E-state index in [-0.39, 0.29) is 13.2 Å². The maximum absolute atomic E-state index is 12.3. The van der Waals surface area contributed by atoms with Crippen LogP contribution in [0.25, 0.3) is 0 Å². The maximum Gasteiger partial charge on any atom is 0.398 e. The molecule has 2 nitrogen and oxygen atoms in total. The van der Waals surface area contributed by atoms with Crippen molar-refractivity contribution in [3.63, 3.8) is 0 Å². The highest BCUT2D eigenvalue weighted by Gasteiger charge is 2.54. The fourth-order valence-electron chi connectivity index (χ4n) is 0.909. The van der Waals surface area contributed by atoms with Crippen LogP contribution in [0.5, 0.6) is 0 Å². The number of alkyl halides is 3. The highest BCUT2D eigenvalue weighted by atomic mass is 19.4. The molecule has 0 spiro atoms. The molecule has 0 N–H and O–H groups in total. The molecule has 0 aromatic carbocycles. The third kappa shape index (κ3) is 1.56. The van der Waals surface area contributed by atoms with Crippen molar-refractivity contribution in [3.05, 3.63) is 0 Å². The van der Waals surface area contributed by atoms with Crippen molar-refractivity contribution < 1.29 is 22.6 Å². The Kier molecular flexibility index (Phi) is 2.35. The van der Waals surface area contributed by atoms with Crippen molar-refractivity contribution in [2.24, 2.45) is 5.41 Å². The largest absolute Gasteiger partial charge is 0.398 e. The van der Waals surface area contributed by atoms with Gasteiger partial charge in [-0.3, -0.25) is 0 Å². The summed E-state index contributed by atoms with van der Waals surface area (Å²) in [5, 5.41) is 0. The molecule has 0 amide bonds. The summed E-state index contributed by atoms with van der Waals surface area (Å²) in [6.07, 6.45) is -5.44. The Morgan fingerprint density at radius 3 is 1.83 bits per heavy atom. The monoisotopic (exact) mass is 184 g/mol. The second kappa shape index (κ2) is 2.88. The van der Waals surface area contributed by atoms with Gasteiger partial charge in [-0.25, -0.2) is 0 Å². The Morgan fingerprint density at radius 1 is 1.08 bits per heavy atom. The van der Waals surface area contributed by atoms with Gasteiger partial charge in [-0.2, -0.15) is 13.2 Å². The Balaban J connectivity index is 2.69. The van der Waals surface area contributed by atoms with Gasteiger partial charge in [-0.05, 0) is 13.8 Å². The molecule has 0 radical (unpaired) electrons. The van der Waals surface area contributed by atoms with Gasteiger partial charge in [0.1, 0.15) is 5.41 Å². The van der Waals surface area contributed by atoms with Gasteiger partial charge in [-0.15, -0.1) is 0 Å². The molecule has 0 aromatic rings. The minimum atomic E-state index is -4.29. The van der Waals surface area contributed by atoms with Crippen molar-refractivity contribution in [1.29, 1.82) is 0 Å². The van der Waals surface area contributed by atoms with Crippen LogP contribution in [-0.2, 0) is 9.47 Å². The van der Waals surface area contributed by atoms with E-state index >= 15 is 0 Å². The van der Waals surface area contributed by atoms with Crippen molar-refractivity contribution in [2.45, 2.75) is 26.3 Å². The Bertz CT molecular complexity index is 159. The van der Waals surface area contributed by atoms with Crippen molar-refractivity contribution in [2.75, 3.05) is 13.2 Å². The zero-order chi connectivity index (χ0) is 9.41. The molecule has 1 aliphatic rings. The summed E-state index contributed by atoms with van der Waals surface area (Å²) in [5.74, 6) is 0.